The molecule has 0 fully saturated rings. The summed E-state index contributed by atoms with van der Waals surface area (Å²) in [5.74, 6) is 0.0900. The van der Waals surface area contributed by atoms with Crippen molar-refractivity contribution in [2.24, 2.45) is 5.41 Å². The number of carboxylic acids is 1. The van der Waals surface area contributed by atoms with Crippen LogP contribution in [0.4, 0.5) is 0 Å². The molecule has 0 amide bonds. The molecule has 114 valence electrons. The lowest BCUT2D eigenvalue weighted by atomic mass is 9.79. The highest BCUT2D eigenvalue weighted by molar-refractivity contribution is 5.75. The first-order chi connectivity index (χ1) is 10.1. The number of carbonyl (C=O) groups is 1. The second-order valence-electron chi connectivity index (χ2n) is 5.50. The highest BCUT2D eigenvalue weighted by Gasteiger charge is 2.36. The summed E-state index contributed by atoms with van der Waals surface area (Å²) in [5.41, 5.74) is 0.945. The Morgan fingerprint density at radius 1 is 1.33 bits per heavy atom. The van der Waals surface area contributed by atoms with E-state index < -0.39 is 11.4 Å². The van der Waals surface area contributed by atoms with Crippen molar-refractivity contribution in [2.45, 2.75) is 53.0 Å². The minimum Gasteiger partial charge on any atom is -0.481 e. The molecule has 2 aromatic rings. The Morgan fingerprint density at radius 2 is 2.05 bits per heavy atom. The molecule has 0 aliphatic heterocycles. The van der Waals surface area contributed by atoms with Crippen LogP contribution in [-0.2, 0) is 17.8 Å². The lowest BCUT2D eigenvalue weighted by Gasteiger charge is -2.26. The molecule has 0 aliphatic carbocycles. The molecule has 1 N–H and O–H groups in total. The van der Waals surface area contributed by atoms with E-state index in [0.29, 0.717) is 19.3 Å². The van der Waals surface area contributed by atoms with Gasteiger partial charge in [0.15, 0.2) is 5.65 Å². The zero-order valence-electron chi connectivity index (χ0n) is 13.0. The number of rotatable bonds is 7. The first-order valence-electron chi connectivity index (χ1n) is 7.61. The van der Waals surface area contributed by atoms with E-state index in [9.17, 15) is 9.90 Å². The SMILES string of the molecule is CCCn1c(CC(CC)(CC)C(=O)O)nc2cccnc21. The summed E-state index contributed by atoms with van der Waals surface area (Å²) in [6.07, 6.45) is 4.37. The number of aliphatic carboxylic acids is 1. The summed E-state index contributed by atoms with van der Waals surface area (Å²) >= 11 is 0. The molecule has 0 aliphatic rings. The Labute approximate surface area is 125 Å². The lowest BCUT2D eigenvalue weighted by Crippen LogP contribution is -2.33. The van der Waals surface area contributed by atoms with Crippen molar-refractivity contribution in [1.82, 2.24) is 14.5 Å². The lowest BCUT2D eigenvalue weighted by molar-refractivity contribution is -0.149. The molecule has 5 nitrogen and oxygen atoms in total. The van der Waals surface area contributed by atoms with Crippen LogP contribution in [0.1, 0.15) is 45.9 Å². The van der Waals surface area contributed by atoms with E-state index in [-0.39, 0.29) is 0 Å². The smallest absolute Gasteiger partial charge is 0.310 e. The van der Waals surface area contributed by atoms with Gasteiger partial charge in [-0.2, -0.15) is 0 Å². The van der Waals surface area contributed by atoms with Gasteiger partial charge in [0, 0.05) is 19.2 Å². The summed E-state index contributed by atoms with van der Waals surface area (Å²) in [6.45, 7) is 6.78. The molecule has 0 bridgehead atoms. The van der Waals surface area contributed by atoms with Crippen LogP contribution in [0.25, 0.3) is 11.2 Å². The number of nitrogens with zero attached hydrogens (tertiary/aromatic N) is 3. The van der Waals surface area contributed by atoms with Crippen LogP contribution in [0, 0.1) is 5.41 Å². The molecule has 0 spiro atoms. The number of hydrogen-bond acceptors (Lipinski definition) is 3. The average Bonchev–Trinajstić information content (AvgIpc) is 2.83. The molecular formula is C16H23N3O2. The van der Waals surface area contributed by atoms with Crippen molar-refractivity contribution in [3.63, 3.8) is 0 Å². The van der Waals surface area contributed by atoms with E-state index >= 15 is 0 Å². The molecular weight excluding hydrogens is 266 g/mol. The third-order valence-corrected chi connectivity index (χ3v) is 4.33. The van der Waals surface area contributed by atoms with E-state index in [1.807, 2.05) is 26.0 Å². The van der Waals surface area contributed by atoms with E-state index in [2.05, 4.69) is 21.5 Å². The number of pyridine rings is 1. The summed E-state index contributed by atoms with van der Waals surface area (Å²) in [5, 5.41) is 9.63. The predicted octanol–water partition coefficient (Wildman–Crippen LogP) is 3.27. The fourth-order valence-corrected chi connectivity index (χ4v) is 2.78. The Bertz CT molecular complexity index is 629. The average molecular weight is 289 g/mol. The summed E-state index contributed by atoms with van der Waals surface area (Å²) in [7, 11) is 0. The van der Waals surface area contributed by atoms with Crippen LogP contribution in [0.5, 0.6) is 0 Å². The quantitative estimate of drug-likeness (QED) is 0.849. The minimum absolute atomic E-state index is 0.450. The molecule has 21 heavy (non-hydrogen) atoms. The van der Waals surface area contributed by atoms with Crippen LogP contribution in [0.2, 0.25) is 0 Å². The van der Waals surface area contributed by atoms with E-state index in [1.54, 1.807) is 6.20 Å². The molecule has 2 heterocycles. The number of imidazole rings is 1. The standard InChI is InChI=1S/C16H23N3O2/c1-4-10-19-13(11-16(5-2,6-3)15(20)21)18-12-8-7-9-17-14(12)19/h7-9H,4-6,10-11H2,1-3H3,(H,20,21). The fourth-order valence-electron chi connectivity index (χ4n) is 2.78. The molecule has 0 aromatic carbocycles. The van der Waals surface area contributed by atoms with Gasteiger partial charge in [0.1, 0.15) is 11.3 Å². The molecule has 0 saturated carbocycles. The van der Waals surface area contributed by atoms with Crippen LogP contribution in [-0.4, -0.2) is 25.6 Å². The van der Waals surface area contributed by atoms with Gasteiger partial charge in [-0.1, -0.05) is 20.8 Å². The van der Waals surface area contributed by atoms with E-state index in [1.165, 1.54) is 0 Å². The molecule has 5 heteroatoms. The third-order valence-electron chi connectivity index (χ3n) is 4.33. The first-order valence-corrected chi connectivity index (χ1v) is 7.61. The molecule has 0 atom stereocenters. The summed E-state index contributed by atoms with van der Waals surface area (Å²) in [4.78, 5) is 20.8. The number of fused-ring (bicyclic) bond motifs is 1. The molecule has 0 radical (unpaired) electrons. The van der Waals surface area contributed by atoms with Gasteiger partial charge in [0.2, 0.25) is 0 Å². The minimum atomic E-state index is -0.743. The second-order valence-corrected chi connectivity index (χ2v) is 5.50. The molecule has 0 unspecified atom stereocenters. The second kappa shape index (κ2) is 6.24. The van der Waals surface area contributed by atoms with Crippen molar-refractivity contribution >= 4 is 17.1 Å². The topological polar surface area (TPSA) is 68.0 Å². The highest BCUT2D eigenvalue weighted by Crippen LogP contribution is 2.32. The maximum absolute atomic E-state index is 11.7. The van der Waals surface area contributed by atoms with Gasteiger partial charge >= 0.3 is 5.97 Å². The maximum Gasteiger partial charge on any atom is 0.310 e. The molecule has 0 saturated heterocycles. The van der Waals surface area contributed by atoms with Crippen LogP contribution >= 0.6 is 0 Å². The van der Waals surface area contributed by atoms with E-state index in [0.717, 1.165) is 30.0 Å². The van der Waals surface area contributed by atoms with Gasteiger partial charge in [-0.15, -0.1) is 0 Å². The Morgan fingerprint density at radius 3 is 2.62 bits per heavy atom. The zero-order valence-corrected chi connectivity index (χ0v) is 13.0. The van der Waals surface area contributed by atoms with Gasteiger partial charge in [0.25, 0.3) is 0 Å². The van der Waals surface area contributed by atoms with E-state index in [4.69, 9.17) is 0 Å². The van der Waals surface area contributed by atoms with Gasteiger partial charge in [0.05, 0.1) is 5.41 Å². The Hall–Kier alpha value is -1.91. The summed E-state index contributed by atoms with van der Waals surface area (Å²) in [6, 6.07) is 3.79. The van der Waals surface area contributed by atoms with Crippen LogP contribution in [0.15, 0.2) is 18.3 Å². The monoisotopic (exact) mass is 289 g/mol. The van der Waals surface area contributed by atoms with Crippen molar-refractivity contribution < 1.29 is 9.90 Å². The number of aromatic nitrogens is 3. The zero-order chi connectivity index (χ0) is 15.5. The van der Waals surface area contributed by atoms with Crippen LogP contribution < -0.4 is 0 Å². The Balaban J connectivity index is 2.50. The summed E-state index contributed by atoms with van der Waals surface area (Å²) < 4.78 is 2.07. The number of carboxylic acid groups (broad SMARTS) is 1. The predicted molar refractivity (Wildman–Crippen MR) is 82.2 cm³/mol. The van der Waals surface area contributed by atoms with Crippen LogP contribution in [0.3, 0.4) is 0 Å². The number of aryl methyl sites for hydroxylation is 1. The molecule has 2 rings (SSSR count). The van der Waals surface area contributed by atoms with Gasteiger partial charge in [-0.25, -0.2) is 9.97 Å². The normalized spacial score (nSPS) is 12.0. The first kappa shape index (κ1) is 15.5. The Kier molecular flexibility index (Phi) is 4.60. The van der Waals surface area contributed by atoms with Crippen molar-refractivity contribution in [3.05, 3.63) is 24.2 Å². The fraction of sp³-hybridized carbons (Fsp3) is 0.562. The third kappa shape index (κ3) is 2.77. The van der Waals surface area contributed by atoms with Gasteiger partial charge in [-0.05, 0) is 31.4 Å². The van der Waals surface area contributed by atoms with Gasteiger partial charge in [-0.3, -0.25) is 4.79 Å². The largest absolute Gasteiger partial charge is 0.481 e. The number of hydrogen-bond donors (Lipinski definition) is 1. The maximum atomic E-state index is 11.7. The van der Waals surface area contributed by atoms with Crippen molar-refractivity contribution in [1.29, 1.82) is 0 Å². The molecule has 2 aromatic heterocycles. The highest BCUT2D eigenvalue weighted by atomic mass is 16.4. The van der Waals surface area contributed by atoms with Crippen molar-refractivity contribution in [2.75, 3.05) is 0 Å². The van der Waals surface area contributed by atoms with Gasteiger partial charge < -0.3 is 9.67 Å². The van der Waals surface area contributed by atoms with Crippen molar-refractivity contribution in [3.8, 4) is 0 Å².